The summed E-state index contributed by atoms with van der Waals surface area (Å²) < 4.78 is 0. The summed E-state index contributed by atoms with van der Waals surface area (Å²) in [6, 6.07) is 11.1. The molecule has 0 bridgehead atoms. The third-order valence-electron chi connectivity index (χ3n) is 7.09. The van der Waals surface area contributed by atoms with Gasteiger partial charge in [-0.2, -0.15) is 0 Å². The average molecular weight is 365 g/mol. The van der Waals surface area contributed by atoms with Crippen molar-refractivity contribution in [3.8, 4) is 0 Å². The number of aromatic amines is 1. The summed E-state index contributed by atoms with van der Waals surface area (Å²) in [4.78, 5) is 17.5. The minimum atomic E-state index is 0.0160. The number of aryl methyl sites for hydroxylation is 1. The zero-order valence-corrected chi connectivity index (χ0v) is 16.3. The largest absolute Gasteiger partial charge is 0.329 e. The van der Waals surface area contributed by atoms with Gasteiger partial charge in [0.2, 0.25) is 0 Å². The van der Waals surface area contributed by atoms with Gasteiger partial charge in [0.1, 0.15) is 0 Å². The molecule has 1 N–H and O–H groups in total. The van der Waals surface area contributed by atoms with Gasteiger partial charge in [-0.1, -0.05) is 18.6 Å². The van der Waals surface area contributed by atoms with Crippen molar-refractivity contribution in [2.75, 3.05) is 0 Å². The van der Waals surface area contributed by atoms with Crippen LogP contribution < -0.4 is 5.56 Å². The van der Waals surface area contributed by atoms with Gasteiger partial charge in [0.15, 0.2) is 0 Å². The van der Waals surface area contributed by atoms with Crippen molar-refractivity contribution in [2.24, 2.45) is 5.92 Å². The quantitative estimate of drug-likeness (QED) is 0.747. The van der Waals surface area contributed by atoms with Crippen molar-refractivity contribution < 1.29 is 0 Å². The standard InChI is InChI=1S/C24H32N2O/c27-24-23-13-6-18(16-19(23)14-15-25-24)3-1-2-17-4-7-20(8-5-17)26(21-9-10-21)22-11-12-22/h6,13-17,20-22H,1-5,7-12H2,(H,25,27). The summed E-state index contributed by atoms with van der Waals surface area (Å²) in [5, 5.41) is 1.87. The third-order valence-corrected chi connectivity index (χ3v) is 7.09. The van der Waals surface area contributed by atoms with E-state index in [1.165, 1.54) is 69.8 Å². The molecule has 3 heteroatoms. The Morgan fingerprint density at radius 1 is 0.889 bits per heavy atom. The van der Waals surface area contributed by atoms with E-state index in [9.17, 15) is 4.79 Å². The van der Waals surface area contributed by atoms with Gasteiger partial charge in [0.05, 0.1) is 0 Å². The molecule has 3 fully saturated rings. The maximum absolute atomic E-state index is 11.8. The van der Waals surface area contributed by atoms with E-state index >= 15 is 0 Å². The van der Waals surface area contributed by atoms with Crippen LogP contribution in [0.3, 0.4) is 0 Å². The Morgan fingerprint density at radius 2 is 1.56 bits per heavy atom. The molecule has 3 aliphatic rings. The van der Waals surface area contributed by atoms with E-state index in [2.05, 4.69) is 22.0 Å². The summed E-state index contributed by atoms with van der Waals surface area (Å²) in [5.41, 5.74) is 1.39. The second-order valence-corrected chi connectivity index (χ2v) is 9.20. The second kappa shape index (κ2) is 7.43. The Morgan fingerprint density at radius 3 is 2.22 bits per heavy atom. The van der Waals surface area contributed by atoms with E-state index in [1.807, 2.05) is 12.1 Å². The minimum absolute atomic E-state index is 0.0160. The predicted octanol–water partition coefficient (Wildman–Crippen LogP) is 5.04. The molecule has 5 rings (SSSR count). The van der Waals surface area contributed by atoms with Gasteiger partial charge in [-0.05, 0) is 93.2 Å². The molecule has 3 saturated carbocycles. The van der Waals surface area contributed by atoms with Crippen LogP contribution in [0.4, 0.5) is 0 Å². The number of hydrogen-bond donors (Lipinski definition) is 1. The van der Waals surface area contributed by atoms with E-state index in [-0.39, 0.29) is 5.56 Å². The molecule has 0 amide bonds. The van der Waals surface area contributed by atoms with Crippen molar-refractivity contribution in [2.45, 2.75) is 88.8 Å². The van der Waals surface area contributed by atoms with Crippen molar-refractivity contribution in [1.82, 2.24) is 9.88 Å². The topological polar surface area (TPSA) is 36.1 Å². The third kappa shape index (κ3) is 3.99. The lowest BCUT2D eigenvalue weighted by molar-refractivity contribution is 0.117. The van der Waals surface area contributed by atoms with E-state index in [4.69, 9.17) is 0 Å². The van der Waals surface area contributed by atoms with Crippen molar-refractivity contribution in [1.29, 1.82) is 0 Å². The number of aromatic nitrogens is 1. The molecule has 1 aromatic heterocycles. The number of nitrogens with zero attached hydrogens (tertiary/aromatic N) is 1. The van der Waals surface area contributed by atoms with Crippen LogP contribution in [0.25, 0.3) is 10.8 Å². The molecule has 0 saturated heterocycles. The van der Waals surface area contributed by atoms with E-state index < -0.39 is 0 Å². The van der Waals surface area contributed by atoms with Crippen molar-refractivity contribution in [3.63, 3.8) is 0 Å². The summed E-state index contributed by atoms with van der Waals surface area (Å²) in [6.07, 6.45) is 17.2. The van der Waals surface area contributed by atoms with Crippen LogP contribution in [0, 0.1) is 5.92 Å². The first-order valence-corrected chi connectivity index (χ1v) is 11.2. The van der Waals surface area contributed by atoms with Crippen molar-refractivity contribution in [3.05, 3.63) is 46.4 Å². The van der Waals surface area contributed by atoms with Gasteiger partial charge in [-0.15, -0.1) is 0 Å². The fraction of sp³-hybridized carbons (Fsp3) is 0.625. The maximum atomic E-state index is 11.8. The number of nitrogens with one attached hydrogen (secondary N) is 1. The Bertz CT molecular complexity index is 829. The summed E-state index contributed by atoms with van der Waals surface area (Å²) in [6.45, 7) is 0. The molecule has 0 atom stereocenters. The second-order valence-electron chi connectivity index (χ2n) is 9.20. The highest BCUT2D eigenvalue weighted by Crippen LogP contribution is 2.43. The van der Waals surface area contributed by atoms with Crippen LogP contribution in [-0.2, 0) is 6.42 Å². The fourth-order valence-electron chi connectivity index (χ4n) is 5.36. The Hall–Kier alpha value is -1.61. The first-order chi connectivity index (χ1) is 13.3. The molecule has 3 nitrogen and oxygen atoms in total. The highest BCUT2D eigenvalue weighted by Gasteiger charge is 2.43. The first-order valence-electron chi connectivity index (χ1n) is 11.2. The van der Waals surface area contributed by atoms with E-state index in [0.29, 0.717) is 0 Å². The van der Waals surface area contributed by atoms with Gasteiger partial charge in [-0.3, -0.25) is 9.69 Å². The molecule has 1 heterocycles. The van der Waals surface area contributed by atoms with Gasteiger partial charge >= 0.3 is 0 Å². The van der Waals surface area contributed by atoms with Crippen molar-refractivity contribution >= 4 is 10.8 Å². The Balaban J connectivity index is 1.10. The molecule has 2 aromatic rings. The van der Waals surface area contributed by atoms with Crippen LogP contribution in [0.2, 0.25) is 0 Å². The SMILES string of the molecule is O=c1[nH]ccc2cc(CCCC3CCC(N(C4CC4)C4CC4)CC3)ccc12. The number of rotatable bonds is 7. The predicted molar refractivity (Wildman–Crippen MR) is 111 cm³/mol. The van der Waals surface area contributed by atoms with Crippen LogP contribution in [-0.4, -0.2) is 28.0 Å². The molecule has 0 spiro atoms. The Labute approximate surface area is 162 Å². The van der Waals surface area contributed by atoms with Gasteiger partial charge in [-0.25, -0.2) is 0 Å². The highest BCUT2D eigenvalue weighted by molar-refractivity contribution is 5.81. The first kappa shape index (κ1) is 17.5. The molecule has 0 aliphatic heterocycles. The van der Waals surface area contributed by atoms with Gasteiger partial charge in [0, 0.05) is 29.7 Å². The van der Waals surface area contributed by atoms with Crippen LogP contribution in [0.5, 0.6) is 0 Å². The molecule has 0 radical (unpaired) electrons. The van der Waals surface area contributed by atoms with Gasteiger partial charge < -0.3 is 4.98 Å². The zero-order valence-electron chi connectivity index (χ0n) is 16.3. The smallest absolute Gasteiger partial charge is 0.255 e. The minimum Gasteiger partial charge on any atom is -0.329 e. The van der Waals surface area contributed by atoms with Crippen LogP contribution in [0.1, 0.15) is 69.8 Å². The van der Waals surface area contributed by atoms with Gasteiger partial charge in [0.25, 0.3) is 5.56 Å². The average Bonchev–Trinajstić information content (AvgIpc) is 3.59. The molecule has 3 aliphatic carbocycles. The molecular weight excluding hydrogens is 332 g/mol. The zero-order chi connectivity index (χ0) is 18.2. The highest BCUT2D eigenvalue weighted by atomic mass is 16.1. The lowest BCUT2D eigenvalue weighted by atomic mass is 9.82. The van der Waals surface area contributed by atoms with E-state index in [1.54, 1.807) is 6.20 Å². The Kier molecular flexibility index (Phi) is 4.81. The lowest BCUT2D eigenvalue weighted by Crippen LogP contribution is -2.41. The van der Waals surface area contributed by atoms with E-state index in [0.717, 1.165) is 41.2 Å². The number of pyridine rings is 1. The summed E-state index contributed by atoms with van der Waals surface area (Å²) in [5.74, 6) is 0.935. The summed E-state index contributed by atoms with van der Waals surface area (Å²) >= 11 is 0. The number of fused-ring (bicyclic) bond motifs is 1. The van der Waals surface area contributed by atoms with Crippen LogP contribution in [0.15, 0.2) is 35.3 Å². The van der Waals surface area contributed by atoms with Crippen LogP contribution >= 0.6 is 0 Å². The number of benzene rings is 1. The summed E-state index contributed by atoms with van der Waals surface area (Å²) in [7, 11) is 0. The molecular formula is C24H32N2O. The lowest BCUT2D eigenvalue weighted by Gasteiger charge is -2.37. The normalized spacial score (nSPS) is 26.0. The molecule has 1 aromatic carbocycles. The number of H-pyrrole nitrogens is 1. The molecule has 27 heavy (non-hydrogen) atoms. The monoisotopic (exact) mass is 364 g/mol. The molecule has 144 valence electrons. The maximum Gasteiger partial charge on any atom is 0.255 e. The molecule has 0 unspecified atom stereocenters. The number of hydrogen-bond acceptors (Lipinski definition) is 2. The fourth-order valence-corrected chi connectivity index (χ4v) is 5.36.